The Morgan fingerprint density at radius 3 is 1.38 bits per heavy atom. The molecule has 0 bridgehead atoms. The summed E-state index contributed by atoms with van der Waals surface area (Å²) in [5.74, 6) is 0. The maximum absolute atomic E-state index is 2.53. The van der Waals surface area contributed by atoms with Gasteiger partial charge in [-0.2, -0.15) is 0 Å². The Labute approximate surface area is 109 Å². The Bertz CT molecular complexity index is 117. The van der Waals surface area contributed by atoms with Crippen LogP contribution in [-0.4, -0.2) is 45.5 Å². The van der Waals surface area contributed by atoms with Crippen molar-refractivity contribution in [2.75, 3.05) is 20.1 Å². The van der Waals surface area contributed by atoms with E-state index in [4.69, 9.17) is 0 Å². The number of unbranched alkanes of at least 4 members (excludes halogenated alkanes) is 6. The van der Waals surface area contributed by atoms with Crippen LogP contribution < -0.4 is 0 Å². The highest BCUT2D eigenvalue weighted by atomic mass is 28.1. The minimum Gasteiger partial charge on any atom is -0.306 e. The molecule has 0 fully saturated rings. The van der Waals surface area contributed by atoms with Gasteiger partial charge in [0.2, 0.25) is 0 Å². The minimum atomic E-state index is 1.32. The summed E-state index contributed by atoms with van der Waals surface area (Å²) in [6.45, 7) is 2.64. The predicted molar refractivity (Wildman–Crippen MR) is 83.9 cm³/mol. The van der Waals surface area contributed by atoms with Gasteiger partial charge in [0, 0.05) is 20.5 Å². The first-order chi connectivity index (χ1) is 7.81. The van der Waals surface area contributed by atoms with Gasteiger partial charge < -0.3 is 4.90 Å². The van der Waals surface area contributed by atoms with Crippen LogP contribution in [0, 0.1) is 0 Å². The molecule has 0 amide bonds. The highest BCUT2D eigenvalue weighted by molar-refractivity contribution is 6.08. The molecular formula is C13H33NSi2. The molecule has 0 aliphatic carbocycles. The Hall–Kier alpha value is 0.394. The summed E-state index contributed by atoms with van der Waals surface area (Å²) in [5, 5.41) is 0. The van der Waals surface area contributed by atoms with E-state index in [1.165, 1.54) is 97.0 Å². The van der Waals surface area contributed by atoms with Crippen molar-refractivity contribution in [2.45, 2.75) is 63.5 Å². The van der Waals surface area contributed by atoms with E-state index in [9.17, 15) is 0 Å². The van der Waals surface area contributed by atoms with E-state index >= 15 is 0 Å². The summed E-state index contributed by atoms with van der Waals surface area (Å²) in [6, 6.07) is 2.99. The molecule has 0 aromatic rings. The van der Waals surface area contributed by atoms with Crippen LogP contribution in [0.2, 0.25) is 12.1 Å². The van der Waals surface area contributed by atoms with Gasteiger partial charge in [-0.15, -0.1) is 0 Å². The molecule has 0 saturated heterocycles. The molecule has 0 unspecified atom stereocenters. The first-order valence-corrected chi connectivity index (χ1v) is 10.3. The van der Waals surface area contributed by atoms with Gasteiger partial charge in [-0.3, -0.25) is 0 Å². The lowest BCUT2D eigenvalue weighted by Gasteiger charge is -2.16. The Kier molecular flexibility index (Phi) is 13.8. The van der Waals surface area contributed by atoms with Crippen LogP contribution in [0.1, 0.15) is 51.4 Å². The molecule has 0 spiro atoms. The van der Waals surface area contributed by atoms with Crippen LogP contribution in [0.3, 0.4) is 0 Å². The van der Waals surface area contributed by atoms with Gasteiger partial charge >= 0.3 is 0 Å². The van der Waals surface area contributed by atoms with Crippen molar-refractivity contribution in [1.29, 1.82) is 0 Å². The monoisotopic (exact) mass is 259 g/mol. The SMILES string of the molecule is CN(CCCCCC[SiH3])CCCCCC[SiH3]. The van der Waals surface area contributed by atoms with Crippen molar-refractivity contribution in [2.24, 2.45) is 0 Å². The average molecular weight is 260 g/mol. The minimum absolute atomic E-state index is 1.32. The van der Waals surface area contributed by atoms with Gasteiger partial charge in [0.15, 0.2) is 0 Å². The van der Waals surface area contributed by atoms with Crippen molar-refractivity contribution in [3.63, 3.8) is 0 Å². The normalized spacial score (nSPS) is 11.6. The molecule has 0 N–H and O–H groups in total. The maximum Gasteiger partial charge on any atom is 0.00279 e. The second-order valence-electron chi connectivity index (χ2n) is 5.13. The van der Waals surface area contributed by atoms with Crippen LogP contribution in [0.15, 0.2) is 0 Å². The fraction of sp³-hybridized carbons (Fsp3) is 1.00. The topological polar surface area (TPSA) is 3.24 Å². The second kappa shape index (κ2) is 13.5. The van der Waals surface area contributed by atoms with Crippen LogP contribution in [0.4, 0.5) is 0 Å². The third kappa shape index (κ3) is 12.5. The zero-order chi connectivity index (χ0) is 12.1. The highest BCUT2D eigenvalue weighted by Gasteiger charge is 1.97. The van der Waals surface area contributed by atoms with Gasteiger partial charge in [-0.05, 0) is 33.0 Å². The Morgan fingerprint density at radius 2 is 1.00 bits per heavy atom. The van der Waals surface area contributed by atoms with Crippen molar-refractivity contribution >= 4 is 20.5 Å². The van der Waals surface area contributed by atoms with E-state index in [-0.39, 0.29) is 0 Å². The van der Waals surface area contributed by atoms with Gasteiger partial charge in [0.1, 0.15) is 0 Å². The Morgan fingerprint density at radius 1 is 0.625 bits per heavy atom. The van der Waals surface area contributed by atoms with Crippen molar-refractivity contribution < 1.29 is 0 Å². The molecular weight excluding hydrogens is 226 g/mol. The van der Waals surface area contributed by atoms with E-state index in [0.29, 0.717) is 0 Å². The smallest absolute Gasteiger partial charge is 0.00279 e. The van der Waals surface area contributed by atoms with Crippen LogP contribution in [0.25, 0.3) is 0 Å². The largest absolute Gasteiger partial charge is 0.306 e. The lowest BCUT2D eigenvalue weighted by atomic mass is 10.2. The lowest BCUT2D eigenvalue weighted by Crippen LogP contribution is -2.20. The third-order valence-electron chi connectivity index (χ3n) is 3.29. The molecule has 0 aromatic carbocycles. The number of rotatable bonds is 12. The average Bonchev–Trinajstić information content (AvgIpc) is 2.28. The molecule has 0 aromatic heterocycles. The summed E-state index contributed by atoms with van der Waals surface area (Å²) in [7, 11) is 5.09. The fourth-order valence-corrected chi connectivity index (χ4v) is 3.08. The van der Waals surface area contributed by atoms with E-state index in [1.807, 2.05) is 0 Å². The summed E-state index contributed by atoms with van der Waals surface area (Å²) in [6.07, 6.45) is 11.6. The molecule has 16 heavy (non-hydrogen) atoms. The molecule has 0 aliphatic heterocycles. The first kappa shape index (κ1) is 16.4. The van der Waals surface area contributed by atoms with Gasteiger partial charge in [0.05, 0.1) is 0 Å². The quantitative estimate of drug-likeness (QED) is 0.380. The zero-order valence-corrected chi connectivity index (χ0v) is 15.9. The molecule has 1 nitrogen and oxygen atoms in total. The van der Waals surface area contributed by atoms with E-state index in [2.05, 4.69) is 11.9 Å². The summed E-state index contributed by atoms with van der Waals surface area (Å²) >= 11 is 0. The van der Waals surface area contributed by atoms with Crippen molar-refractivity contribution in [1.82, 2.24) is 4.90 Å². The van der Waals surface area contributed by atoms with Crippen LogP contribution in [0.5, 0.6) is 0 Å². The maximum atomic E-state index is 2.53. The van der Waals surface area contributed by atoms with Gasteiger partial charge in [0.25, 0.3) is 0 Å². The summed E-state index contributed by atoms with van der Waals surface area (Å²) in [5.41, 5.74) is 0. The molecule has 0 rings (SSSR count). The molecule has 3 heteroatoms. The zero-order valence-electron chi connectivity index (χ0n) is 11.9. The molecule has 0 radical (unpaired) electrons. The standard InChI is InChI=1S/C13H33NSi2/c1-14(10-6-2-4-8-12-15)11-7-3-5-9-13-16/h2-13H2,1,15-16H3. The predicted octanol–water partition coefficient (Wildman–Crippen LogP) is 1.61. The first-order valence-electron chi connectivity index (χ1n) is 7.49. The second-order valence-corrected chi connectivity index (χ2v) is 7.13. The molecule has 0 heterocycles. The van der Waals surface area contributed by atoms with Crippen molar-refractivity contribution in [3.05, 3.63) is 0 Å². The fourth-order valence-electron chi connectivity index (χ4n) is 2.08. The summed E-state index contributed by atoms with van der Waals surface area (Å²) in [4.78, 5) is 2.53. The molecule has 98 valence electrons. The molecule has 0 saturated carbocycles. The summed E-state index contributed by atoms with van der Waals surface area (Å²) < 4.78 is 0. The van der Waals surface area contributed by atoms with E-state index in [0.717, 1.165) is 0 Å². The van der Waals surface area contributed by atoms with E-state index in [1.54, 1.807) is 0 Å². The lowest BCUT2D eigenvalue weighted by molar-refractivity contribution is 0.315. The van der Waals surface area contributed by atoms with Crippen LogP contribution in [-0.2, 0) is 0 Å². The van der Waals surface area contributed by atoms with Crippen LogP contribution >= 0.6 is 0 Å². The Balaban J connectivity index is 3.09. The number of hydrogen-bond donors (Lipinski definition) is 0. The molecule has 0 atom stereocenters. The molecule has 0 aliphatic rings. The highest BCUT2D eigenvalue weighted by Crippen LogP contribution is 2.05. The number of hydrogen-bond acceptors (Lipinski definition) is 1. The number of nitrogens with zero attached hydrogens (tertiary/aromatic N) is 1. The van der Waals surface area contributed by atoms with Gasteiger partial charge in [-0.25, -0.2) is 0 Å². The van der Waals surface area contributed by atoms with Crippen molar-refractivity contribution in [3.8, 4) is 0 Å². The third-order valence-corrected chi connectivity index (χ3v) is 4.70. The van der Waals surface area contributed by atoms with Gasteiger partial charge in [-0.1, -0.05) is 50.6 Å². The van der Waals surface area contributed by atoms with E-state index < -0.39 is 0 Å².